The molecule has 0 radical (unpaired) electrons. The highest BCUT2D eigenvalue weighted by Gasteiger charge is 1.74. The molecule has 0 spiro atoms. The molecule has 0 fully saturated rings. The lowest BCUT2D eigenvalue weighted by atomic mass is 10.5. The Morgan fingerprint density at radius 1 is 1.62 bits per heavy atom. The summed E-state index contributed by atoms with van der Waals surface area (Å²) in [5.74, 6) is 0. The van der Waals surface area contributed by atoms with Crippen LogP contribution in [0.25, 0.3) is 0 Å². The fraction of sp³-hybridized carbons (Fsp3) is 0.667. The molecule has 0 rings (SSSR count). The van der Waals surface area contributed by atoms with Gasteiger partial charge in [-0.15, -0.1) is 0 Å². The molecular formula is C6H12N2. The molecule has 0 unspecified atom stereocenters. The molecule has 0 aliphatic heterocycles. The molecule has 2 nitrogen and oxygen atoms in total. The fourth-order valence-corrected chi connectivity index (χ4v) is 0.240. The summed E-state index contributed by atoms with van der Waals surface area (Å²) in [7, 11) is 0. The number of allylic oxidation sites excluding steroid dienone is 2. The molecule has 0 atom stereocenters. The zero-order valence-corrected chi connectivity index (χ0v) is 5.68. The van der Waals surface area contributed by atoms with Crippen LogP contribution in [-0.2, 0) is 0 Å². The number of hydrogen-bond donors (Lipinski definition) is 0. The van der Waals surface area contributed by atoms with Crippen molar-refractivity contribution in [3.8, 4) is 0 Å². The van der Waals surface area contributed by atoms with E-state index < -0.39 is 0 Å². The molecule has 0 bridgehead atoms. The van der Waals surface area contributed by atoms with Crippen molar-refractivity contribution in [2.24, 2.45) is 10.2 Å². The number of nitrogens with zero attached hydrogens (tertiary/aromatic N) is 2. The first-order valence-electron chi connectivity index (χ1n) is 2.81. The molecule has 0 saturated carbocycles. The van der Waals surface area contributed by atoms with Crippen molar-refractivity contribution in [1.29, 1.82) is 0 Å². The molecule has 0 aromatic heterocycles. The van der Waals surface area contributed by atoms with Crippen LogP contribution in [0.1, 0.15) is 20.8 Å². The van der Waals surface area contributed by atoms with Gasteiger partial charge in [-0.2, -0.15) is 10.2 Å². The van der Waals surface area contributed by atoms with Crippen LogP contribution >= 0.6 is 0 Å². The summed E-state index contributed by atoms with van der Waals surface area (Å²) in [6.45, 7) is 6.61. The zero-order valence-electron chi connectivity index (χ0n) is 5.68. The maximum absolute atomic E-state index is 3.85. The first-order valence-corrected chi connectivity index (χ1v) is 2.81. The molecule has 8 heavy (non-hydrogen) atoms. The highest BCUT2D eigenvalue weighted by molar-refractivity contribution is 4.90. The van der Waals surface area contributed by atoms with Crippen LogP contribution in [0, 0.1) is 0 Å². The Bertz CT molecular complexity index is 103. The Morgan fingerprint density at radius 3 is 2.62 bits per heavy atom. The second-order valence-corrected chi connectivity index (χ2v) is 1.49. The van der Waals surface area contributed by atoms with Gasteiger partial charge < -0.3 is 0 Å². The Labute approximate surface area is 50.3 Å². The van der Waals surface area contributed by atoms with Gasteiger partial charge in [0.05, 0.1) is 12.2 Å². The molecular weight excluding hydrogens is 100 g/mol. The second-order valence-electron chi connectivity index (χ2n) is 1.49. The molecule has 0 aromatic rings. The maximum Gasteiger partial charge on any atom is 0.0575 e. The van der Waals surface area contributed by atoms with E-state index in [9.17, 15) is 0 Å². The summed E-state index contributed by atoms with van der Waals surface area (Å²) in [5, 5.41) is 7.65. The Balaban J connectivity index is 3.53. The van der Waals surface area contributed by atoms with Crippen molar-refractivity contribution in [3.63, 3.8) is 0 Å². The van der Waals surface area contributed by atoms with E-state index in [2.05, 4.69) is 10.2 Å². The molecule has 0 amide bonds. The molecule has 2 heteroatoms. The van der Waals surface area contributed by atoms with E-state index in [0.717, 1.165) is 12.2 Å². The summed E-state index contributed by atoms with van der Waals surface area (Å²) in [5.41, 5.74) is 0.979. The van der Waals surface area contributed by atoms with E-state index in [0.29, 0.717) is 0 Å². The summed E-state index contributed by atoms with van der Waals surface area (Å²) in [6, 6.07) is 0. The third-order valence-electron chi connectivity index (χ3n) is 0.788. The first-order chi connectivity index (χ1) is 3.81. The van der Waals surface area contributed by atoms with Crippen molar-refractivity contribution in [3.05, 3.63) is 11.8 Å². The van der Waals surface area contributed by atoms with Gasteiger partial charge in [0.2, 0.25) is 0 Å². The Hall–Kier alpha value is -0.660. The second kappa shape index (κ2) is 4.50. The minimum absolute atomic E-state index is 0.769. The van der Waals surface area contributed by atoms with Crippen LogP contribution in [0.2, 0.25) is 0 Å². The average molecular weight is 112 g/mol. The quantitative estimate of drug-likeness (QED) is 0.490. The van der Waals surface area contributed by atoms with Gasteiger partial charge >= 0.3 is 0 Å². The van der Waals surface area contributed by atoms with Crippen molar-refractivity contribution in [1.82, 2.24) is 0 Å². The van der Waals surface area contributed by atoms with Crippen molar-refractivity contribution >= 4 is 0 Å². The molecule has 46 valence electrons. The lowest BCUT2D eigenvalue weighted by Gasteiger charge is -1.83. The van der Waals surface area contributed by atoms with Crippen LogP contribution in [0.5, 0.6) is 0 Å². The largest absolute Gasteiger partial charge is 0.189 e. The van der Waals surface area contributed by atoms with Crippen LogP contribution in [0.15, 0.2) is 22.0 Å². The number of hydrogen-bond acceptors (Lipinski definition) is 2. The summed E-state index contributed by atoms with van der Waals surface area (Å²) < 4.78 is 0. The monoisotopic (exact) mass is 112 g/mol. The van der Waals surface area contributed by atoms with Gasteiger partial charge in [0, 0.05) is 0 Å². The van der Waals surface area contributed by atoms with Crippen LogP contribution < -0.4 is 0 Å². The maximum atomic E-state index is 3.85. The van der Waals surface area contributed by atoms with Crippen LogP contribution in [-0.4, -0.2) is 6.54 Å². The number of azo groups is 1. The third kappa shape index (κ3) is 3.53. The minimum Gasteiger partial charge on any atom is -0.189 e. The van der Waals surface area contributed by atoms with E-state index in [1.807, 2.05) is 26.8 Å². The van der Waals surface area contributed by atoms with E-state index in [4.69, 9.17) is 0 Å². The molecule has 0 heterocycles. The van der Waals surface area contributed by atoms with Gasteiger partial charge in [-0.1, -0.05) is 6.08 Å². The topological polar surface area (TPSA) is 24.7 Å². The van der Waals surface area contributed by atoms with Crippen LogP contribution in [0.4, 0.5) is 0 Å². The smallest absolute Gasteiger partial charge is 0.0575 e. The standard InChI is InChI=1S/C6H12N2/c1-4-6(3)8-7-5-2/h4H,5H2,1-3H3/b6-4-,8-7?. The van der Waals surface area contributed by atoms with Crippen molar-refractivity contribution < 1.29 is 0 Å². The predicted octanol–water partition coefficient (Wildman–Crippen LogP) is 2.38. The molecule has 0 aliphatic rings. The summed E-state index contributed by atoms with van der Waals surface area (Å²) in [6.07, 6.45) is 1.93. The lowest BCUT2D eigenvalue weighted by Crippen LogP contribution is -1.66. The summed E-state index contributed by atoms with van der Waals surface area (Å²) >= 11 is 0. The molecule has 0 aliphatic carbocycles. The first kappa shape index (κ1) is 7.34. The van der Waals surface area contributed by atoms with E-state index in [1.165, 1.54) is 0 Å². The SMILES string of the molecule is C/C=C(/C)N=NCC. The van der Waals surface area contributed by atoms with Gasteiger partial charge in [0.15, 0.2) is 0 Å². The molecule has 0 saturated heterocycles. The van der Waals surface area contributed by atoms with Gasteiger partial charge in [-0.05, 0) is 20.8 Å². The van der Waals surface area contributed by atoms with Crippen molar-refractivity contribution in [2.75, 3.05) is 6.54 Å². The van der Waals surface area contributed by atoms with E-state index in [-0.39, 0.29) is 0 Å². The predicted molar refractivity (Wildman–Crippen MR) is 34.8 cm³/mol. The average Bonchev–Trinajstić information content (AvgIpc) is 1.83. The Morgan fingerprint density at radius 2 is 2.25 bits per heavy atom. The number of rotatable bonds is 2. The molecule has 0 N–H and O–H groups in total. The normalized spacial score (nSPS) is 13.1. The van der Waals surface area contributed by atoms with E-state index >= 15 is 0 Å². The van der Waals surface area contributed by atoms with Gasteiger partial charge in [0.1, 0.15) is 0 Å². The van der Waals surface area contributed by atoms with Gasteiger partial charge in [0.25, 0.3) is 0 Å². The zero-order chi connectivity index (χ0) is 6.41. The Kier molecular flexibility index (Phi) is 4.13. The minimum atomic E-state index is 0.769. The van der Waals surface area contributed by atoms with Crippen molar-refractivity contribution in [2.45, 2.75) is 20.8 Å². The summed E-state index contributed by atoms with van der Waals surface area (Å²) in [4.78, 5) is 0. The lowest BCUT2D eigenvalue weighted by molar-refractivity contribution is 0.965. The highest BCUT2D eigenvalue weighted by atomic mass is 15.1. The molecule has 0 aromatic carbocycles. The third-order valence-corrected chi connectivity index (χ3v) is 0.788. The fourth-order valence-electron chi connectivity index (χ4n) is 0.240. The van der Waals surface area contributed by atoms with Crippen LogP contribution in [0.3, 0.4) is 0 Å². The van der Waals surface area contributed by atoms with Gasteiger partial charge in [-0.3, -0.25) is 0 Å². The van der Waals surface area contributed by atoms with E-state index in [1.54, 1.807) is 0 Å². The van der Waals surface area contributed by atoms with Gasteiger partial charge in [-0.25, -0.2) is 0 Å². The highest BCUT2D eigenvalue weighted by Crippen LogP contribution is 1.92.